The van der Waals surface area contributed by atoms with Gasteiger partial charge in [0.25, 0.3) is 5.91 Å². The van der Waals surface area contributed by atoms with Crippen molar-refractivity contribution in [1.82, 2.24) is 10.2 Å². The summed E-state index contributed by atoms with van der Waals surface area (Å²) >= 11 is 5.67. The van der Waals surface area contributed by atoms with Crippen molar-refractivity contribution in [3.05, 3.63) is 23.1 Å². The fourth-order valence-electron chi connectivity index (χ4n) is 2.30. The maximum atomic E-state index is 12.2. The highest BCUT2D eigenvalue weighted by Gasteiger charge is 2.29. The van der Waals surface area contributed by atoms with Crippen molar-refractivity contribution >= 4 is 35.8 Å². The van der Waals surface area contributed by atoms with Crippen molar-refractivity contribution < 1.29 is 14.0 Å². The van der Waals surface area contributed by atoms with Gasteiger partial charge in [-0.05, 0) is 36.6 Å². The second kappa shape index (κ2) is 8.26. The van der Waals surface area contributed by atoms with E-state index < -0.39 is 0 Å². The van der Waals surface area contributed by atoms with Crippen LogP contribution in [-0.2, 0) is 4.79 Å². The molecule has 1 saturated heterocycles. The van der Waals surface area contributed by atoms with Crippen LogP contribution in [0.4, 0.5) is 0 Å². The average Bonchev–Trinajstić information content (AvgIpc) is 2.90. The first-order valence-electron chi connectivity index (χ1n) is 6.64. The van der Waals surface area contributed by atoms with E-state index in [1.807, 2.05) is 0 Å². The van der Waals surface area contributed by atoms with E-state index in [1.54, 1.807) is 11.0 Å². The summed E-state index contributed by atoms with van der Waals surface area (Å²) in [5, 5.41) is 2.94. The Bertz CT molecular complexity index is 493. The van der Waals surface area contributed by atoms with Gasteiger partial charge in [-0.3, -0.25) is 9.59 Å². The molecule has 1 aromatic heterocycles. The van der Waals surface area contributed by atoms with Gasteiger partial charge in [0.15, 0.2) is 11.0 Å². The van der Waals surface area contributed by atoms with Gasteiger partial charge < -0.3 is 20.4 Å². The van der Waals surface area contributed by atoms with Crippen LogP contribution in [0.3, 0.4) is 0 Å². The van der Waals surface area contributed by atoms with Crippen LogP contribution in [0.15, 0.2) is 16.5 Å². The number of carbonyl (C=O) groups excluding carboxylic acids is 2. The topological polar surface area (TPSA) is 88.6 Å². The number of halogens is 2. The first kappa shape index (κ1) is 17.8. The summed E-state index contributed by atoms with van der Waals surface area (Å²) in [5.41, 5.74) is 5.36. The van der Waals surface area contributed by atoms with Crippen LogP contribution in [-0.4, -0.2) is 42.9 Å². The van der Waals surface area contributed by atoms with Gasteiger partial charge in [0.2, 0.25) is 5.91 Å². The molecule has 0 aromatic carbocycles. The van der Waals surface area contributed by atoms with E-state index in [-0.39, 0.29) is 41.1 Å². The zero-order valence-electron chi connectivity index (χ0n) is 11.5. The number of piperidine rings is 1. The Morgan fingerprint density at radius 1 is 1.48 bits per heavy atom. The summed E-state index contributed by atoms with van der Waals surface area (Å²) in [7, 11) is 0. The third-order valence-electron chi connectivity index (χ3n) is 3.31. The lowest BCUT2D eigenvalue weighted by molar-refractivity contribution is -0.126. The Labute approximate surface area is 134 Å². The number of furan rings is 1. The molecule has 0 saturated carbocycles. The lowest BCUT2D eigenvalue weighted by atomic mass is 9.97. The van der Waals surface area contributed by atoms with Crippen LogP contribution in [0.2, 0.25) is 5.22 Å². The number of nitrogens with one attached hydrogen (secondary N) is 1. The van der Waals surface area contributed by atoms with E-state index in [0.717, 1.165) is 12.8 Å². The highest BCUT2D eigenvalue weighted by Crippen LogP contribution is 2.21. The van der Waals surface area contributed by atoms with Gasteiger partial charge in [-0.25, -0.2) is 0 Å². The Morgan fingerprint density at radius 2 is 2.24 bits per heavy atom. The third-order valence-corrected chi connectivity index (χ3v) is 3.51. The summed E-state index contributed by atoms with van der Waals surface area (Å²) in [6.45, 7) is 1.88. The zero-order chi connectivity index (χ0) is 14.5. The standard InChI is InChI=1S/C13H18ClN3O3.ClH/c14-11-4-3-10(20-11)13(19)17-7-1-2-9(8-17)12(18)16-6-5-15;/h3-4,9H,1-2,5-8,15H2,(H,16,18);1H. The number of rotatable bonds is 4. The Morgan fingerprint density at radius 3 is 2.86 bits per heavy atom. The lowest BCUT2D eigenvalue weighted by Gasteiger charge is -2.31. The van der Waals surface area contributed by atoms with E-state index in [0.29, 0.717) is 26.2 Å². The van der Waals surface area contributed by atoms with E-state index in [4.69, 9.17) is 21.8 Å². The highest BCUT2D eigenvalue weighted by atomic mass is 35.5. The minimum Gasteiger partial charge on any atom is -0.440 e. The molecule has 0 aliphatic carbocycles. The Balaban J connectivity index is 0.00000220. The molecule has 1 unspecified atom stereocenters. The first-order chi connectivity index (χ1) is 9.61. The second-order valence-corrected chi connectivity index (χ2v) is 5.15. The minimum atomic E-state index is -0.228. The number of amides is 2. The van der Waals surface area contributed by atoms with E-state index in [1.165, 1.54) is 6.07 Å². The molecule has 21 heavy (non-hydrogen) atoms. The predicted octanol–water partition coefficient (Wildman–Crippen LogP) is 1.28. The molecule has 0 radical (unpaired) electrons. The number of nitrogens with two attached hydrogens (primary N) is 1. The molecule has 3 N–H and O–H groups in total. The molecule has 1 fully saturated rings. The normalized spacial score (nSPS) is 18.0. The molecule has 2 amide bonds. The van der Waals surface area contributed by atoms with Gasteiger partial charge >= 0.3 is 0 Å². The van der Waals surface area contributed by atoms with Crippen LogP contribution in [0.1, 0.15) is 23.4 Å². The van der Waals surface area contributed by atoms with Crippen LogP contribution in [0.5, 0.6) is 0 Å². The smallest absolute Gasteiger partial charge is 0.289 e. The number of likely N-dealkylation sites (tertiary alicyclic amines) is 1. The monoisotopic (exact) mass is 335 g/mol. The molecule has 1 atom stereocenters. The van der Waals surface area contributed by atoms with Crippen molar-refractivity contribution in [2.75, 3.05) is 26.2 Å². The maximum Gasteiger partial charge on any atom is 0.289 e. The molecule has 2 heterocycles. The molecule has 0 spiro atoms. The van der Waals surface area contributed by atoms with Gasteiger partial charge in [-0.1, -0.05) is 0 Å². The second-order valence-electron chi connectivity index (χ2n) is 4.77. The zero-order valence-corrected chi connectivity index (χ0v) is 13.1. The Kier molecular flexibility index (Phi) is 7.01. The van der Waals surface area contributed by atoms with Crippen LogP contribution in [0, 0.1) is 5.92 Å². The summed E-state index contributed by atoms with van der Waals surface area (Å²) in [6, 6.07) is 3.08. The molecule has 6 nitrogen and oxygen atoms in total. The fourth-order valence-corrected chi connectivity index (χ4v) is 2.45. The van der Waals surface area contributed by atoms with Gasteiger partial charge in [0.05, 0.1) is 5.92 Å². The molecule has 1 aliphatic heterocycles. The first-order valence-corrected chi connectivity index (χ1v) is 7.02. The molecular formula is C13H19Cl2N3O3. The number of nitrogens with zero attached hydrogens (tertiary/aromatic N) is 1. The van der Waals surface area contributed by atoms with Crippen molar-refractivity contribution in [2.24, 2.45) is 11.7 Å². The highest BCUT2D eigenvalue weighted by molar-refractivity contribution is 6.29. The molecule has 0 bridgehead atoms. The van der Waals surface area contributed by atoms with Crippen LogP contribution >= 0.6 is 24.0 Å². The Hall–Kier alpha value is -1.24. The predicted molar refractivity (Wildman–Crippen MR) is 81.7 cm³/mol. The molecule has 1 aromatic rings. The van der Waals surface area contributed by atoms with Crippen molar-refractivity contribution in [1.29, 1.82) is 0 Å². The third kappa shape index (κ3) is 4.62. The van der Waals surface area contributed by atoms with Gasteiger partial charge in [-0.15, -0.1) is 12.4 Å². The van der Waals surface area contributed by atoms with E-state index in [9.17, 15) is 9.59 Å². The largest absolute Gasteiger partial charge is 0.440 e. The van der Waals surface area contributed by atoms with Crippen LogP contribution in [0.25, 0.3) is 0 Å². The molecule has 8 heteroatoms. The number of carbonyl (C=O) groups is 2. The maximum absolute atomic E-state index is 12.2. The summed E-state index contributed by atoms with van der Waals surface area (Å²) in [5.74, 6) is -0.263. The van der Waals surface area contributed by atoms with E-state index >= 15 is 0 Å². The van der Waals surface area contributed by atoms with Gasteiger partial charge in [-0.2, -0.15) is 0 Å². The summed E-state index contributed by atoms with van der Waals surface area (Å²) < 4.78 is 5.12. The van der Waals surface area contributed by atoms with Gasteiger partial charge in [0.1, 0.15) is 0 Å². The van der Waals surface area contributed by atoms with Crippen molar-refractivity contribution in [3.63, 3.8) is 0 Å². The summed E-state index contributed by atoms with van der Waals surface area (Å²) in [4.78, 5) is 25.8. The minimum absolute atomic E-state index is 0. The fraction of sp³-hybridized carbons (Fsp3) is 0.538. The van der Waals surface area contributed by atoms with E-state index in [2.05, 4.69) is 5.32 Å². The molecule has 2 rings (SSSR count). The molecule has 118 valence electrons. The number of hydrogen-bond acceptors (Lipinski definition) is 4. The quantitative estimate of drug-likeness (QED) is 0.867. The lowest BCUT2D eigenvalue weighted by Crippen LogP contribution is -2.46. The number of hydrogen-bond donors (Lipinski definition) is 2. The van der Waals surface area contributed by atoms with Crippen LogP contribution < -0.4 is 11.1 Å². The SMILES string of the molecule is Cl.NCCNC(=O)C1CCCN(C(=O)c2ccc(Cl)o2)C1. The average molecular weight is 336 g/mol. The van der Waals surface area contributed by atoms with Crippen molar-refractivity contribution in [2.45, 2.75) is 12.8 Å². The van der Waals surface area contributed by atoms with Crippen molar-refractivity contribution in [3.8, 4) is 0 Å². The summed E-state index contributed by atoms with van der Waals surface area (Å²) in [6.07, 6.45) is 1.57. The molecular weight excluding hydrogens is 317 g/mol. The molecule has 1 aliphatic rings. The van der Waals surface area contributed by atoms with Gasteiger partial charge in [0, 0.05) is 26.2 Å².